The minimum absolute atomic E-state index is 0.00423. The van der Waals surface area contributed by atoms with E-state index < -0.39 is 82.3 Å². The number of hydrogen-bond acceptors (Lipinski definition) is 14. The summed E-state index contributed by atoms with van der Waals surface area (Å²) in [7, 11) is -5.16. The maximum Gasteiger partial charge on any atom is 0.362 e. The Morgan fingerprint density at radius 1 is 1.17 bits per heavy atom. The Hall–Kier alpha value is -5.74. The van der Waals surface area contributed by atoms with Crippen molar-refractivity contribution in [2.24, 2.45) is 5.16 Å². The van der Waals surface area contributed by atoms with Gasteiger partial charge in [0.15, 0.2) is 16.6 Å². The normalized spacial score (nSPS) is 16.9. The molecule has 1 aliphatic heterocycles. The number of hydrogen-bond donors (Lipinski definition) is 8. The first-order valence-electron chi connectivity index (χ1n) is 13.1. The van der Waals surface area contributed by atoms with E-state index >= 15 is 0 Å². The number of carboxylic acid groups (broad SMARTS) is 1. The Labute approximate surface area is 267 Å². The number of oxime groups is 1. The van der Waals surface area contributed by atoms with Crippen LogP contribution in [-0.4, -0.2) is 96.7 Å². The number of aliphatic carboxylic acids is 1. The number of carboxylic acids is 1. The van der Waals surface area contributed by atoms with Gasteiger partial charge in [0.2, 0.25) is 11.5 Å². The van der Waals surface area contributed by atoms with Gasteiger partial charge in [-0.05, 0) is 5.56 Å². The molecule has 2 aromatic heterocycles. The number of nitrogen functional groups attached to an aromatic ring is 1. The standard InChI is InChI=1S/C25H26N8O12S2/c26-24-29-14(11-46-24)19(31-45-18(23(38)39)6-12-4-2-1-3-5-12)21(36)30-20-15(33(22(20)37)47(42,43)44)9-28-25(40)27-8-13-7-16(34)17(35)10-32(13)41/h1-5,7,10-11,15,18,20,35,41H,6,8-9H2,(H2,26,29)(H,30,36)(H,38,39)(H2,27,28,40)(H,42,43,44)/b31-19-/t15-,18+,20+/m1/s1. The number of aromatic nitrogens is 2. The summed E-state index contributed by atoms with van der Waals surface area (Å²) in [6.45, 7) is -1.10. The number of carbonyl (C=O) groups excluding carboxylic acids is 3. The lowest BCUT2D eigenvalue weighted by Gasteiger charge is -2.44. The van der Waals surface area contributed by atoms with Crippen LogP contribution in [0.1, 0.15) is 17.0 Å². The molecule has 3 atom stereocenters. The Morgan fingerprint density at radius 3 is 2.49 bits per heavy atom. The number of benzene rings is 1. The molecule has 3 aromatic rings. The van der Waals surface area contributed by atoms with Crippen LogP contribution in [-0.2, 0) is 42.5 Å². The zero-order valence-corrected chi connectivity index (χ0v) is 25.3. The zero-order chi connectivity index (χ0) is 34.5. The van der Waals surface area contributed by atoms with Crippen molar-refractivity contribution >= 4 is 56.3 Å². The van der Waals surface area contributed by atoms with Gasteiger partial charge >= 0.3 is 22.3 Å². The maximum absolute atomic E-state index is 13.3. The fourth-order valence-electron chi connectivity index (χ4n) is 4.20. The molecule has 0 unspecified atom stereocenters. The number of carbonyl (C=O) groups is 4. The van der Waals surface area contributed by atoms with Crippen LogP contribution in [0.5, 0.6) is 5.75 Å². The number of pyridine rings is 1. The lowest BCUT2D eigenvalue weighted by Crippen LogP contribution is -2.74. The smallest absolute Gasteiger partial charge is 0.362 e. The van der Waals surface area contributed by atoms with Crippen molar-refractivity contribution in [3.63, 3.8) is 0 Å². The first-order valence-corrected chi connectivity index (χ1v) is 15.4. The van der Waals surface area contributed by atoms with Gasteiger partial charge in [-0.1, -0.05) is 35.5 Å². The number of anilines is 1. The highest BCUT2D eigenvalue weighted by molar-refractivity contribution is 7.84. The van der Waals surface area contributed by atoms with Crippen molar-refractivity contribution in [3.8, 4) is 5.75 Å². The average Bonchev–Trinajstić information content (AvgIpc) is 3.43. The van der Waals surface area contributed by atoms with E-state index in [1.54, 1.807) is 30.3 Å². The lowest BCUT2D eigenvalue weighted by molar-refractivity contribution is -0.150. The number of nitrogens with one attached hydrogen (secondary N) is 3. The molecule has 0 aliphatic carbocycles. The quantitative estimate of drug-likeness (QED) is 0.0323. The fourth-order valence-corrected chi connectivity index (χ4v) is 5.63. The summed E-state index contributed by atoms with van der Waals surface area (Å²) in [4.78, 5) is 71.0. The molecule has 1 aliphatic rings. The molecule has 1 aromatic carbocycles. The Balaban J connectivity index is 1.49. The molecule has 4 rings (SSSR count). The van der Waals surface area contributed by atoms with E-state index in [-0.39, 0.29) is 27.2 Å². The van der Waals surface area contributed by atoms with Gasteiger partial charge < -0.3 is 41.9 Å². The molecule has 20 nitrogen and oxygen atoms in total. The largest absolute Gasteiger partial charge is 0.503 e. The number of aromatic hydroxyl groups is 1. The number of nitrogens with zero attached hydrogens (tertiary/aromatic N) is 4. The van der Waals surface area contributed by atoms with Gasteiger partial charge in [0, 0.05) is 24.4 Å². The minimum atomic E-state index is -5.16. The summed E-state index contributed by atoms with van der Waals surface area (Å²) >= 11 is 0.898. The van der Waals surface area contributed by atoms with Gasteiger partial charge in [-0.15, -0.1) is 11.3 Å². The van der Waals surface area contributed by atoms with Crippen LogP contribution in [0.3, 0.4) is 0 Å². The number of rotatable bonds is 13. The third-order valence-corrected chi connectivity index (χ3v) is 8.11. The average molecular weight is 695 g/mol. The van der Waals surface area contributed by atoms with Crippen molar-refractivity contribution in [2.45, 2.75) is 31.2 Å². The lowest BCUT2D eigenvalue weighted by atomic mass is 9.98. The summed E-state index contributed by atoms with van der Waals surface area (Å²) in [5.41, 5.74) is 4.47. The molecule has 1 fully saturated rings. The minimum Gasteiger partial charge on any atom is -0.503 e. The first-order chi connectivity index (χ1) is 22.1. The first kappa shape index (κ1) is 34.1. The summed E-state index contributed by atoms with van der Waals surface area (Å²) < 4.78 is 33.7. The summed E-state index contributed by atoms with van der Waals surface area (Å²) in [5.74, 6) is -4.62. The molecule has 250 valence electrons. The van der Waals surface area contributed by atoms with Gasteiger partial charge in [-0.2, -0.15) is 13.1 Å². The monoisotopic (exact) mass is 694 g/mol. The van der Waals surface area contributed by atoms with Gasteiger partial charge in [0.05, 0.1) is 24.5 Å². The second kappa shape index (κ2) is 14.1. The van der Waals surface area contributed by atoms with E-state index in [2.05, 4.69) is 26.1 Å². The molecule has 1 saturated heterocycles. The highest BCUT2D eigenvalue weighted by Gasteiger charge is 2.54. The van der Waals surface area contributed by atoms with Crippen LogP contribution in [0.25, 0.3) is 0 Å². The number of β-lactam (4-membered cyclic amide) rings is 1. The molecular formula is C25H26N8O12S2. The van der Waals surface area contributed by atoms with Crippen molar-refractivity contribution in [2.75, 3.05) is 12.3 Å². The zero-order valence-electron chi connectivity index (χ0n) is 23.7. The highest BCUT2D eigenvalue weighted by atomic mass is 32.2. The SMILES string of the molecule is Nc1nc(/C(=N/O[C@@H](Cc2ccccc2)C(=O)O)C(=O)N[C@@H]2C(=O)N(S(=O)(=O)O)[C@@H]2CNC(=O)NCc2cc(=O)c(O)cn2O)cs1. The predicted molar refractivity (Wildman–Crippen MR) is 160 cm³/mol. The second-order valence-corrected chi connectivity index (χ2v) is 11.9. The summed E-state index contributed by atoms with van der Waals surface area (Å²) in [6.07, 6.45) is -1.01. The third kappa shape index (κ3) is 8.30. The molecular weight excluding hydrogens is 668 g/mol. The molecule has 9 N–H and O–H groups in total. The second-order valence-electron chi connectivity index (χ2n) is 9.69. The van der Waals surface area contributed by atoms with Crippen LogP contribution in [0.15, 0.2) is 57.9 Å². The van der Waals surface area contributed by atoms with Crippen LogP contribution in [0.4, 0.5) is 9.93 Å². The van der Waals surface area contributed by atoms with E-state index in [4.69, 9.17) is 10.6 Å². The van der Waals surface area contributed by atoms with Crippen molar-refractivity contribution < 1.29 is 52.4 Å². The van der Waals surface area contributed by atoms with E-state index in [1.807, 2.05) is 0 Å². The third-order valence-electron chi connectivity index (χ3n) is 6.49. The van der Waals surface area contributed by atoms with E-state index in [9.17, 15) is 52.4 Å². The Kier molecular flexibility index (Phi) is 10.3. The number of urea groups is 1. The Bertz CT molecular complexity index is 1880. The van der Waals surface area contributed by atoms with Crippen molar-refractivity contribution in [1.29, 1.82) is 0 Å². The van der Waals surface area contributed by atoms with Gasteiger partial charge in [0.25, 0.3) is 11.8 Å². The van der Waals surface area contributed by atoms with Crippen LogP contribution in [0.2, 0.25) is 0 Å². The van der Waals surface area contributed by atoms with Crippen molar-refractivity contribution in [3.05, 3.63) is 75.1 Å². The van der Waals surface area contributed by atoms with Crippen molar-refractivity contribution in [1.82, 2.24) is 30.0 Å². The molecule has 22 heteroatoms. The van der Waals surface area contributed by atoms with E-state index in [0.717, 1.165) is 17.4 Å². The maximum atomic E-state index is 13.3. The molecule has 0 spiro atoms. The molecule has 0 radical (unpaired) electrons. The highest BCUT2D eigenvalue weighted by Crippen LogP contribution is 2.24. The molecule has 0 saturated carbocycles. The summed E-state index contributed by atoms with van der Waals surface area (Å²) in [5, 5.41) is 40.4. The number of thiazole rings is 1. The van der Waals surface area contributed by atoms with Crippen LogP contribution >= 0.6 is 11.3 Å². The van der Waals surface area contributed by atoms with Gasteiger partial charge in [-0.25, -0.2) is 18.9 Å². The van der Waals surface area contributed by atoms with Gasteiger partial charge in [0.1, 0.15) is 11.7 Å². The molecule has 3 heterocycles. The fraction of sp³-hybridized carbons (Fsp3) is 0.240. The van der Waals surface area contributed by atoms with Gasteiger partial charge in [-0.3, -0.25) is 18.9 Å². The van der Waals surface area contributed by atoms with Crippen LogP contribution < -0.4 is 27.1 Å². The predicted octanol–water partition coefficient (Wildman–Crippen LogP) is -1.76. The number of amides is 4. The summed E-state index contributed by atoms with van der Waals surface area (Å²) in [6, 6.07) is 5.00. The van der Waals surface area contributed by atoms with E-state index in [0.29, 0.717) is 16.5 Å². The number of nitrogens with two attached hydrogens (primary N) is 1. The topological polar surface area (TPSA) is 305 Å². The van der Waals surface area contributed by atoms with Crippen LogP contribution in [0, 0.1) is 0 Å². The van der Waals surface area contributed by atoms with E-state index in [1.165, 1.54) is 5.38 Å². The molecule has 0 bridgehead atoms. The molecule has 47 heavy (non-hydrogen) atoms. The molecule has 4 amide bonds. The Morgan fingerprint density at radius 2 is 1.87 bits per heavy atom.